The van der Waals surface area contributed by atoms with E-state index in [2.05, 4.69) is 4.98 Å². The van der Waals surface area contributed by atoms with E-state index in [4.69, 9.17) is 5.11 Å². The monoisotopic (exact) mass is 298 g/mol. The Morgan fingerprint density at radius 1 is 1.30 bits per heavy atom. The molecule has 9 heteroatoms. The molecule has 2 aromatic rings. The van der Waals surface area contributed by atoms with E-state index in [1.165, 1.54) is 16.2 Å². The minimum Gasteiger partial charge on any atom is -0.481 e. The van der Waals surface area contributed by atoms with Crippen LogP contribution in [0, 0.1) is 0 Å². The lowest BCUT2D eigenvalue weighted by atomic mass is 10.5. The highest BCUT2D eigenvalue weighted by molar-refractivity contribution is 7.99. The molecule has 0 radical (unpaired) electrons. The maximum atomic E-state index is 12.3. The maximum absolute atomic E-state index is 12.3. The molecule has 20 heavy (non-hydrogen) atoms. The quantitative estimate of drug-likeness (QED) is 0.773. The highest BCUT2D eigenvalue weighted by atomic mass is 32.2. The van der Waals surface area contributed by atoms with Crippen molar-refractivity contribution in [3.05, 3.63) is 20.8 Å². The van der Waals surface area contributed by atoms with Gasteiger partial charge >= 0.3 is 11.7 Å². The molecule has 0 aromatic carbocycles. The Morgan fingerprint density at radius 2 is 1.95 bits per heavy atom. The molecule has 0 saturated carbocycles. The second kappa shape index (κ2) is 5.16. The van der Waals surface area contributed by atoms with Crippen LogP contribution in [0.5, 0.6) is 0 Å². The third-order valence-corrected chi connectivity index (χ3v) is 3.97. The summed E-state index contributed by atoms with van der Waals surface area (Å²) in [5.41, 5.74) is -0.289. The molecular formula is C11H14N4O4S. The van der Waals surface area contributed by atoms with Gasteiger partial charge in [-0.05, 0) is 6.92 Å². The van der Waals surface area contributed by atoms with Gasteiger partial charge in [-0.1, -0.05) is 11.8 Å². The Balaban J connectivity index is 2.75. The molecule has 0 amide bonds. The summed E-state index contributed by atoms with van der Waals surface area (Å²) in [5, 5.41) is 9.09. The number of fused-ring (bicyclic) bond motifs is 1. The van der Waals surface area contributed by atoms with Crippen LogP contribution in [0.2, 0.25) is 0 Å². The zero-order valence-corrected chi connectivity index (χ0v) is 12.1. The summed E-state index contributed by atoms with van der Waals surface area (Å²) in [6.45, 7) is 1.98. The molecule has 8 nitrogen and oxygen atoms in total. The lowest BCUT2D eigenvalue weighted by molar-refractivity contribution is -0.133. The smallest absolute Gasteiger partial charge is 0.332 e. The second-order valence-corrected chi connectivity index (χ2v) is 5.14. The van der Waals surface area contributed by atoms with Crippen LogP contribution in [0.4, 0.5) is 0 Å². The van der Waals surface area contributed by atoms with Gasteiger partial charge in [0.2, 0.25) is 0 Å². The number of rotatable bonds is 4. The summed E-state index contributed by atoms with van der Waals surface area (Å²) in [7, 11) is 3.17. The Labute approximate surface area is 117 Å². The normalized spacial score (nSPS) is 11.2. The molecule has 0 atom stereocenters. The Kier molecular flexibility index (Phi) is 3.71. The Morgan fingerprint density at radius 3 is 2.50 bits per heavy atom. The zero-order valence-electron chi connectivity index (χ0n) is 11.3. The second-order valence-electron chi connectivity index (χ2n) is 4.20. The van der Waals surface area contributed by atoms with Gasteiger partial charge in [0.15, 0.2) is 16.3 Å². The molecule has 108 valence electrons. The van der Waals surface area contributed by atoms with Crippen LogP contribution in [-0.4, -0.2) is 35.5 Å². The van der Waals surface area contributed by atoms with Crippen molar-refractivity contribution in [1.82, 2.24) is 18.7 Å². The average molecular weight is 298 g/mol. The van der Waals surface area contributed by atoms with Gasteiger partial charge in [0, 0.05) is 20.6 Å². The number of aliphatic carboxylic acids is 1. The van der Waals surface area contributed by atoms with Crippen LogP contribution in [0.15, 0.2) is 14.7 Å². The van der Waals surface area contributed by atoms with E-state index >= 15 is 0 Å². The van der Waals surface area contributed by atoms with E-state index in [-0.39, 0.29) is 17.9 Å². The third kappa shape index (κ3) is 2.13. The number of hydrogen-bond donors (Lipinski definition) is 1. The zero-order chi connectivity index (χ0) is 15.0. The first-order valence-corrected chi connectivity index (χ1v) is 6.87. The van der Waals surface area contributed by atoms with Crippen LogP contribution >= 0.6 is 11.8 Å². The lowest BCUT2D eigenvalue weighted by Gasteiger charge is -2.05. The van der Waals surface area contributed by atoms with Gasteiger partial charge in [0.05, 0.1) is 5.75 Å². The van der Waals surface area contributed by atoms with Crippen molar-refractivity contribution in [2.75, 3.05) is 5.75 Å². The van der Waals surface area contributed by atoms with Crippen LogP contribution in [0.1, 0.15) is 6.92 Å². The Hall–Kier alpha value is -2.03. The topological polar surface area (TPSA) is 99.1 Å². The fourth-order valence-electron chi connectivity index (χ4n) is 1.96. The van der Waals surface area contributed by atoms with Crippen LogP contribution in [0.3, 0.4) is 0 Å². The van der Waals surface area contributed by atoms with E-state index in [1.807, 2.05) is 0 Å². The summed E-state index contributed by atoms with van der Waals surface area (Å²) in [4.78, 5) is 39.1. The van der Waals surface area contributed by atoms with Crippen molar-refractivity contribution in [2.45, 2.75) is 18.6 Å². The molecule has 0 aliphatic heterocycles. The predicted octanol–water partition coefficient (Wildman–Crippen LogP) is -0.370. The van der Waals surface area contributed by atoms with Gasteiger partial charge in [-0.15, -0.1) is 0 Å². The fraction of sp³-hybridized carbons (Fsp3) is 0.455. The molecule has 0 aliphatic rings. The number of carboxylic acid groups (broad SMARTS) is 1. The Bertz CT molecular complexity index is 801. The number of thioether (sulfide) groups is 1. The number of aromatic nitrogens is 4. The van der Waals surface area contributed by atoms with Crippen LogP contribution < -0.4 is 11.2 Å². The summed E-state index contributed by atoms with van der Waals surface area (Å²) in [6.07, 6.45) is 0. The largest absolute Gasteiger partial charge is 0.481 e. The average Bonchev–Trinajstić information content (AvgIpc) is 2.72. The summed E-state index contributed by atoms with van der Waals surface area (Å²) < 4.78 is 3.94. The van der Waals surface area contributed by atoms with Crippen molar-refractivity contribution in [3.8, 4) is 0 Å². The lowest BCUT2D eigenvalue weighted by Crippen LogP contribution is -2.39. The summed E-state index contributed by atoms with van der Waals surface area (Å²) >= 11 is 1.01. The molecule has 2 heterocycles. The molecule has 0 saturated heterocycles. The van der Waals surface area contributed by atoms with Crippen molar-refractivity contribution in [1.29, 1.82) is 0 Å². The first kappa shape index (κ1) is 14.4. The third-order valence-electron chi connectivity index (χ3n) is 2.96. The highest BCUT2D eigenvalue weighted by Gasteiger charge is 2.18. The summed E-state index contributed by atoms with van der Waals surface area (Å²) in [5.74, 6) is -1.13. The molecule has 1 N–H and O–H groups in total. The van der Waals surface area contributed by atoms with E-state index in [9.17, 15) is 14.4 Å². The molecule has 0 unspecified atom stereocenters. The minimum atomic E-state index is -0.970. The molecular weight excluding hydrogens is 284 g/mol. The number of imidazole rings is 1. The van der Waals surface area contributed by atoms with E-state index in [0.29, 0.717) is 10.7 Å². The van der Waals surface area contributed by atoms with Gasteiger partial charge in [-0.3, -0.25) is 18.7 Å². The summed E-state index contributed by atoms with van der Waals surface area (Å²) in [6, 6.07) is 0. The predicted molar refractivity (Wildman–Crippen MR) is 74.2 cm³/mol. The van der Waals surface area contributed by atoms with Crippen LogP contribution in [0.25, 0.3) is 11.2 Å². The van der Waals surface area contributed by atoms with Crippen molar-refractivity contribution >= 4 is 28.9 Å². The first-order chi connectivity index (χ1) is 9.38. The minimum absolute atomic E-state index is 0.160. The number of carbonyl (C=O) groups is 1. The molecule has 0 spiro atoms. The molecule has 0 fully saturated rings. The molecule has 0 aliphatic carbocycles. The van der Waals surface area contributed by atoms with E-state index < -0.39 is 17.2 Å². The number of nitrogens with zero attached hydrogens (tertiary/aromatic N) is 4. The SMILES string of the molecule is CCn1c(=O)c2c(nc(SCC(=O)O)n2C)n(C)c1=O. The van der Waals surface area contributed by atoms with Gasteiger partial charge in [0.1, 0.15) is 0 Å². The van der Waals surface area contributed by atoms with Gasteiger partial charge in [0.25, 0.3) is 5.56 Å². The molecule has 0 bridgehead atoms. The first-order valence-electron chi connectivity index (χ1n) is 5.89. The van der Waals surface area contributed by atoms with Gasteiger partial charge in [-0.25, -0.2) is 9.78 Å². The number of aryl methyl sites for hydroxylation is 2. The van der Waals surface area contributed by atoms with E-state index in [1.54, 1.807) is 14.0 Å². The maximum Gasteiger partial charge on any atom is 0.332 e. The van der Waals surface area contributed by atoms with Gasteiger partial charge < -0.3 is 9.67 Å². The van der Waals surface area contributed by atoms with Crippen LogP contribution in [-0.2, 0) is 25.4 Å². The number of carboxylic acids is 1. The highest BCUT2D eigenvalue weighted by Crippen LogP contribution is 2.19. The molecule has 2 aromatic heterocycles. The van der Waals surface area contributed by atoms with Crippen molar-refractivity contribution in [2.24, 2.45) is 14.1 Å². The van der Waals surface area contributed by atoms with Crippen molar-refractivity contribution < 1.29 is 9.90 Å². The van der Waals surface area contributed by atoms with Gasteiger partial charge in [-0.2, -0.15) is 0 Å². The number of hydrogen-bond acceptors (Lipinski definition) is 5. The van der Waals surface area contributed by atoms with Crippen molar-refractivity contribution in [3.63, 3.8) is 0 Å². The standard InChI is InChI=1S/C11H14N4O4S/c1-4-15-9(18)7-8(14(3)11(15)19)12-10(13(7)2)20-5-6(16)17/h4-5H2,1-3H3,(H,16,17). The molecule has 2 rings (SSSR count). The van der Waals surface area contributed by atoms with E-state index in [0.717, 1.165) is 16.3 Å². The fourth-order valence-corrected chi connectivity index (χ4v) is 2.65.